The largest absolute Gasteiger partial charge is 0.370 e. The van der Waals surface area contributed by atoms with Gasteiger partial charge in [-0.1, -0.05) is 0 Å². The average Bonchev–Trinajstić information content (AvgIpc) is 2.70. The summed E-state index contributed by atoms with van der Waals surface area (Å²) in [5, 5.41) is 3.29. The number of nitrogens with one attached hydrogen (secondary N) is 1. The lowest BCUT2D eigenvalue weighted by atomic mass is 10.3. The van der Waals surface area contributed by atoms with Gasteiger partial charge in [0.25, 0.3) is 0 Å². The Hall–Kier alpha value is -0.570. The van der Waals surface area contributed by atoms with E-state index in [2.05, 4.69) is 5.32 Å². The second-order valence-electron chi connectivity index (χ2n) is 3.22. The van der Waals surface area contributed by atoms with E-state index >= 15 is 0 Å². The van der Waals surface area contributed by atoms with Crippen molar-refractivity contribution >= 4 is 5.91 Å². The van der Waals surface area contributed by atoms with Crippen LogP contribution in [0, 0.1) is 5.92 Å². The lowest BCUT2D eigenvalue weighted by Gasteiger charge is -2.00. The van der Waals surface area contributed by atoms with E-state index in [1.54, 1.807) is 0 Å². The zero-order chi connectivity index (χ0) is 8.10. The van der Waals surface area contributed by atoms with Gasteiger partial charge in [0.15, 0.2) is 0 Å². The maximum atomic E-state index is 10.3. The van der Waals surface area contributed by atoms with Crippen LogP contribution >= 0.6 is 0 Å². The second kappa shape index (κ2) is 4.34. The van der Waals surface area contributed by atoms with Crippen molar-refractivity contribution in [2.45, 2.75) is 25.7 Å². The Morgan fingerprint density at radius 2 is 2.27 bits per heavy atom. The van der Waals surface area contributed by atoms with Crippen LogP contribution in [-0.2, 0) is 4.79 Å². The van der Waals surface area contributed by atoms with Gasteiger partial charge in [0.2, 0.25) is 5.91 Å². The fourth-order valence-electron chi connectivity index (χ4n) is 1.02. The zero-order valence-electron chi connectivity index (χ0n) is 6.81. The number of nitrogens with two attached hydrogens (primary N) is 1. The number of carbonyl (C=O) groups excluding carboxylic acids is 1. The number of rotatable bonds is 6. The summed E-state index contributed by atoms with van der Waals surface area (Å²) >= 11 is 0. The fourth-order valence-corrected chi connectivity index (χ4v) is 1.02. The summed E-state index contributed by atoms with van der Waals surface area (Å²) in [6.45, 7) is 2.05. The van der Waals surface area contributed by atoms with E-state index in [1.807, 2.05) is 0 Å². The summed E-state index contributed by atoms with van der Waals surface area (Å²) < 4.78 is 0. The third-order valence-electron chi connectivity index (χ3n) is 1.91. The van der Waals surface area contributed by atoms with E-state index in [4.69, 9.17) is 5.73 Å². The standard InChI is InChI=1S/C8H16N2O/c9-8(11)2-1-5-10-6-7-3-4-7/h7,10H,1-6H2,(H2,9,11). The summed E-state index contributed by atoms with van der Waals surface area (Å²) in [5.41, 5.74) is 4.98. The van der Waals surface area contributed by atoms with Gasteiger partial charge in [0.05, 0.1) is 0 Å². The van der Waals surface area contributed by atoms with E-state index in [-0.39, 0.29) is 5.91 Å². The summed E-state index contributed by atoms with van der Waals surface area (Å²) in [4.78, 5) is 10.3. The molecule has 0 spiro atoms. The molecule has 64 valence electrons. The van der Waals surface area contributed by atoms with Crippen molar-refractivity contribution in [3.63, 3.8) is 0 Å². The maximum Gasteiger partial charge on any atom is 0.217 e. The molecule has 1 fully saturated rings. The van der Waals surface area contributed by atoms with Crippen molar-refractivity contribution in [2.75, 3.05) is 13.1 Å². The molecule has 0 atom stereocenters. The van der Waals surface area contributed by atoms with Crippen LogP contribution in [0.1, 0.15) is 25.7 Å². The summed E-state index contributed by atoms with van der Waals surface area (Å²) in [6, 6.07) is 0. The molecule has 0 aromatic rings. The molecule has 11 heavy (non-hydrogen) atoms. The highest BCUT2D eigenvalue weighted by atomic mass is 16.1. The van der Waals surface area contributed by atoms with E-state index in [1.165, 1.54) is 12.8 Å². The minimum Gasteiger partial charge on any atom is -0.370 e. The molecule has 1 aliphatic carbocycles. The summed E-state index contributed by atoms with van der Waals surface area (Å²) in [7, 11) is 0. The molecular weight excluding hydrogens is 140 g/mol. The molecule has 0 aromatic carbocycles. The SMILES string of the molecule is NC(=O)CCCNCC1CC1. The number of amides is 1. The number of carbonyl (C=O) groups is 1. The molecule has 1 rings (SSSR count). The van der Waals surface area contributed by atoms with Crippen LogP contribution in [0.15, 0.2) is 0 Å². The quantitative estimate of drug-likeness (QED) is 0.542. The van der Waals surface area contributed by atoms with Crippen molar-refractivity contribution in [2.24, 2.45) is 11.7 Å². The predicted octanol–water partition coefficient (Wildman–Crippen LogP) is 0.251. The van der Waals surface area contributed by atoms with E-state index in [0.29, 0.717) is 6.42 Å². The Morgan fingerprint density at radius 3 is 2.82 bits per heavy atom. The first kappa shape index (κ1) is 8.53. The van der Waals surface area contributed by atoms with E-state index in [0.717, 1.165) is 25.4 Å². The van der Waals surface area contributed by atoms with Gasteiger partial charge in [0, 0.05) is 6.42 Å². The molecule has 0 radical (unpaired) electrons. The van der Waals surface area contributed by atoms with Crippen molar-refractivity contribution in [3.05, 3.63) is 0 Å². The van der Waals surface area contributed by atoms with Crippen LogP contribution in [0.4, 0.5) is 0 Å². The minimum absolute atomic E-state index is 0.196. The first-order valence-corrected chi connectivity index (χ1v) is 4.28. The Balaban J connectivity index is 1.76. The van der Waals surface area contributed by atoms with Crippen molar-refractivity contribution in [1.82, 2.24) is 5.32 Å². The fraction of sp³-hybridized carbons (Fsp3) is 0.875. The van der Waals surface area contributed by atoms with Gasteiger partial charge in [-0.15, -0.1) is 0 Å². The number of primary amides is 1. The van der Waals surface area contributed by atoms with Crippen LogP contribution in [0.3, 0.4) is 0 Å². The second-order valence-corrected chi connectivity index (χ2v) is 3.22. The van der Waals surface area contributed by atoms with Gasteiger partial charge in [-0.05, 0) is 38.3 Å². The minimum atomic E-state index is -0.196. The van der Waals surface area contributed by atoms with E-state index < -0.39 is 0 Å². The zero-order valence-corrected chi connectivity index (χ0v) is 6.81. The molecule has 1 saturated carbocycles. The van der Waals surface area contributed by atoms with Crippen LogP contribution in [0.25, 0.3) is 0 Å². The molecule has 0 unspecified atom stereocenters. The topological polar surface area (TPSA) is 55.1 Å². The lowest BCUT2D eigenvalue weighted by Crippen LogP contribution is -2.20. The normalized spacial score (nSPS) is 16.7. The highest BCUT2D eigenvalue weighted by Crippen LogP contribution is 2.27. The molecule has 3 heteroatoms. The molecule has 0 saturated heterocycles. The first-order valence-electron chi connectivity index (χ1n) is 4.28. The molecule has 0 aromatic heterocycles. The third kappa shape index (κ3) is 4.79. The van der Waals surface area contributed by atoms with Gasteiger partial charge in [0.1, 0.15) is 0 Å². The molecule has 1 aliphatic rings. The van der Waals surface area contributed by atoms with Gasteiger partial charge < -0.3 is 11.1 Å². The summed E-state index contributed by atoms with van der Waals surface area (Å²) in [6.07, 6.45) is 4.14. The molecule has 3 nitrogen and oxygen atoms in total. The van der Waals surface area contributed by atoms with Gasteiger partial charge in [-0.3, -0.25) is 4.79 Å². The van der Waals surface area contributed by atoms with Gasteiger partial charge >= 0.3 is 0 Å². The van der Waals surface area contributed by atoms with Crippen LogP contribution in [-0.4, -0.2) is 19.0 Å². The Kier molecular flexibility index (Phi) is 3.36. The molecular formula is C8H16N2O. The maximum absolute atomic E-state index is 10.3. The van der Waals surface area contributed by atoms with E-state index in [9.17, 15) is 4.79 Å². The Morgan fingerprint density at radius 1 is 1.55 bits per heavy atom. The first-order chi connectivity index (χ1) is 5.29. The van der Waals surface area contributed by atoms with Gasteiger partial charge in [-0.25, -0.2) is 0 Å². The monoisotopic (exact) mass is 156 g/mol. The molecule has 0 bridgehead atoms. The molecule has 3 N–H and O–H groups in total. The number of hydrogen-bond donors (Lipinski definition) is 2. The van der Waals surface area contributed by atoms with Gasteiger partial charge in [-0.2, -0.15) is 0 Å². The van der Waals surface area contributed by atoms with Crippen LogP contribution in [0.2, 0.25) is 0 Å². The van der Waals surface area contributed by atoms with Crippen LogP contribution in [0.5, 0.6) is 0 Å². The van der Waals surface area contributed by atoms with Crippen molar-refractivity contribution < 1.29 is 4.79 Å². The van der Waals surface area contributed by atoms with Crippen molar-refractivity contribution in [3.8, 4) is 0 Å². The molecule has 0 aliphatic heterocycles. The highest BCUT2D eigenvalue weighted by molar-refractivity contribution is 5.73. The smallest absolute Gasteiger partial charge is 0.217 e. The Labute approximate surface area is 67.3 Å². The lowest BCUT2D eigenvalue weighted by molar-refractivity contribution is -0.118. The number of hydrogen-bond acceptors (Lipinski definition) is 2. The van der Waals surface area contributed by atoms with Crippen molar-refractivity contribution in [1.29, 1.82) is 0 Å². The predicted molar refractivity (Wildman–Crippen MR) is 44.0 cm³/mol. The Bertz CT molecular complexity index is 132. The average molecular weight is 156 g/mol. The summed E-state index contributed by atoms with van der Waals surface area (Å²) in [5.74, 6) is 0.724. The molecule has 0 heterocycles. The highest BCUT2D eigenvalue weighted by Gasteiger charge is 2.19. The molecule has 1 amide bonds. The third-order valence-corrected chi connectivity index (χ3v) is 1.91. The van der Waals surface area contributed by atoms with Crippen LogP contribution < -0.4 is 11.1 Å².